The molecule has 1 aliphatic rings. The fourth-order valence-corrected chi connectivity index (χ4v) is 3.23. The highest BCUT2D eigenvalue weighted by atomic mass is 16.5. The molecule has 1 saturated heterocycles. The average molecular weight is 360 g/mol. The first-order valence-electron chi connectivity index (χ1n) is 8.83. The van der Waals surface area contributed by atoms with Crippen molar-refractivity contribution in [1.82, 2.24) is 25.6 Å². The van der Waals surface area contributed by atoms with E-state index in [-0.39, 0.29) is 11.8 Å². The smallest absolute Gasteiger partial charge is 0.271 e. The van der Waals surface area contributed by atoms with Gasteiger partial charge in [0.05, 0.1) is 5.69 Å². The highest BCUT2D eigenvalue weighted by Crippen LogP contribution is 2.19. The van der Waals surface area contributed by atoms with Gasteiger partial charge in [0.1, 0.15) is 22.8 Å². The second-order valence-electron chi connectivity index (χ2n) is 6.57. The van der Waals surface area contributed by atoms with Crippen LogP contribution in [0.5, 0.6) is 0 Å². The van der Waals surface area contributed by atoms with E-state index in [1.165, 1.54) is 0 Å². The second-order valence-corrected chi connectivity index (χ2v) is 6.57. The average Bonchev–Trinajstić information content (AvgIpc) is 3.25. The van der Waals surface area contributed by atoms with Crippen LogP contribution in [0, 0.1) is 12.8 Å². The molecule has 3 rings (SSSR count). The fraction of sp³-hybridized carbons (Fsp3) is 0.529. The Morgan fingerprint density at radius 3 is 2.77 bits per heavy atom. The summed E-state index contributed by atoms with van der Waals surface area (Å²) in [5, 5.41) is 13.3. The summed E-state index contributed by atoms with van der Waals surface area (Å²) >= 11 is 0. The number of aryl methyl sites for hydroxylation is 2. The first-order valence-corrected chi connectivity index (χ1v) is 8.83. The highest BCUT2D eigenvalue weighted by Gasteiger charge is 2.26. The van der Waals surface area contributed by atoms with Gasteiger partial charge in [-0.3, -0.25) is 14.7 Å². The third-order valence-corrected chi connectivity index (χ3v) is 4.78. The fourth-order valence-electron chi connectivity index (χ4n) is 3.23. The van der Waals surface area contributed by atoms with Gasteiger partial charge in [0.25, 0.3) is 11.8 Å². The standard InChI is InChI=1S/C17H24N6O3/c1-3-12-15(10(2)26-22-12)16(24)19-9-11-4-6-23(7-5-11)17(25)13-8-14(18)21-20-13/h8,11H,3-7,9H2,1-2H3,(H,19,24)(H3,18,20,21). The summed E-state index contributed by atoms with van der Waals surface area (Å²) in [4.78, 5) is 26.6. The maximum Gasteiger partial charge on any atom is 0.271 e. The van der Waals surface area contributed by atoms with Crippen molar-refractivity contribution in [2.45, 2.75) is 33.1 Å². The molecule has 0 aromatic carbocycles. The van der Waals surface area contributed by atoms with Crippen molar-refractivity contribution in [3.05, 3.63) is 28.8 Å². The summed E-state index contributed by atoms with van der Waals surface area (Å²) in [6.45, 7) is 5.54. The van der Waals surface area contributed by atoms with E-state index in [0.29, 0.717) is 60.5 Å². The highest BCUT2D eigenvalue weighted by molar-refractivity contribution is 5.96. The molecule has 2 aromatic heterocycles. The van der Waals surface area contributed by atoms with Crippen LogP contribution in [-0.4, -0.2) is 51.7 Å². The minimum Gasteiger partial charge on any atom is -0.382 e. The third-order valence-electron chi connectivity index (χ3n) is 4.78. The van der Waals surface area contributed by atoms with Crippen molar-refractivity contribution in [2.75, 3.05) is 25.4 Å². The first kappa shape index (κ1) is 18.0. The molecule has 0 spiro atoms. The minimum atomic E-state index is -0.146. The molecule has 0 saturated carbocycles. The van der Waals surface area contributed by atoms with Crippen LogP contribution in [0.3, 0.4) is 0 Å². The van der Waals surface area contributed by atoms with E-state index in [1.807, 2.05) is 6.92 Å². The number of rotatable bonds is 5. The zero-order chi connectivity index (χ0) is 18.7. The molecule has 0 aliphatic carbocycles. The van der Waals surface area contributed by atoms with Gasteiger partial charge in [-0.25, -0.2) is 0 Å². The molecular weight excluding hydrogens is 336 g/mol. The summed E-state index contributed by atoms with van der Waals surface area (Å²) in [6, 6.07) is 1.54. The Labute approximate surface area is 151 Å². The zero-order valence-corrected chi connectivity index (χ0v) is 15.0. The molecule has 0 radical (unpaired) electrons. The van der Waals surface area contributed by atoms with Crippen LogP contribution in [0.1, 0.15) is 52.1 Å². The molecule has 1 aliphatic heterocycles. The van der Waals surface area contributed by atoms with E-state index in [0.717, 1.165) is 12.8 Å². The summed E-state index contributed by atoms with van der Waals surface area (Å²) in [6.07, 6.45) is 2.32. The van der Waals surface area contributed by atoms with Gasteiger partial charge in [-0.1, -0.05) is 12.1 Å². The number of aromatic amines is 1. The lowest BCUT2D eigenvalue weighted by Gasteiger charge is -2.31. The van der Waals surface area contributed by atoms with Crippen LogP contribution in [-0.2, 0) is 6.42 Å². The van der Waals surface area contributed by atoms with Gasteiger partial charge < -0.3 is 20.5 Å². The Morgan fingerprint density at radius 2 is 2.15 bits per heavy atom. The molecule has 2 amide bonds. The van der Waals surface area contributed by atoms with Crippen LogP contribution < -0.4 is 11.1 Å². The zero-order valence-electron chi connectivity index (χ0n) is 15.0. The number of hydrogen-bond donors (Lipinski definition) is 3. The Kier molecular flexibility index (Phi) is 5.24. The number of amides is 2. The Morgan fingerprint density at radius 1 is 1.42 bits per heavy atom. The Bertz CT molecular complexity index is 788. The maximum absolute atomic E-state index is 12.4. The van der Waals surface area contributed by atoms with Crippen LogP contribution in [0.25, 0.3) is 0 Å². The summed E-state index contributed by atoms with van der Waals surface area (Å²) < 4.78 is 5.11. The predicted octanol–water partition coefficient (Wildman–Crippen LogP) is 1.13. The van der Waals surface area contributed by atoms with Gasteiger partial charge in [-0.2, -0.15) is 5.10 Å². The molecule has 2 aromatic rings. The van der Waals surface area contributed by atoms with Crippen LogP contribution >= 0.6 is 0 Å². The van der Waals surface area contributed by atoms with Crippen LogP contribution in [0.4, 0.5) is 5.82 Å². The van der Waals surface area contributed by atoms with Crippen molar-refractivity contribution in [3.8, 4) is 0 Å². The molecule has 26 heavy (non-hydrogen) atoms. The number of hydrogen-bond acceptors (Lipinski definition) is 6. The quantitative estimate of drug-likeness (QED) is 0.733. The minimum absolute atomic E-state index is 0.0932. The normalized spacial score (nSPS) is 15.2. The molecule has 1 fully saturated rings. The number of nitrogens with one attached hydrogen (secondary N) is 2. The number of carbonyl (C=O) groups is 2. The molecule has 9 heteroatoms. The van der Waals surface area contributed by atoms with E-state index >= 15 is 0 Å². The number of piperidine rings is 1. The van der Waals surface area contributed by atoms with Gasteiger partial charge in [0.2, 0.25) is 0 Å². The van der Waals surface area contributed by atoms with Crippen LogP contribution in [0.15, 0.2) is 10.6 Å². The molecule has 0 unspecified atom stereocenters. The van der Waals surface area contributed by atoms with E-state index < -0.39 is 0 Å². The summed E-state index contributed by atoms with van der Waals surface area (Å²) in [5.41, 5.74) is 7.17. The van der Waals surface area contributed by atoms with Gasteiger partial charge in [0.15, 0.2) is 0 Å². The largest absolute Gasteiger partial charge is 0.382 e. The van der Waals surface area contributed by atoms with Crippen molar-refractivity contribution in [1.29, 1.82) is 0 Å². The predicted molar refractivity (Wildman–Crippen MR) is 94.6 cm³/mol. The van der Waals surface area contributed by atoms with Crippen molar-refractivity contribution in [3.63, 3.8) is 0 Å². The molecule has 4 N–H and O–H groups in total. The molecule has 0 atom stereocenters. The van der Waals surface area contributed by atoms with Crippen molar-refractivity contribution >= 4 is 17.6 Å². The van der Waals surface area contributed by atoms with Crippen LogP contribution in [0.2, 0.25) is 0 Å². The monoisotopic (exact) mass is 360 g/mol. The van der Waals surface area contributed by atoms with E-state index in [1.54, 1.807) is 17.9 Å². The summed E-state index contributed by atoms with van der Waals surface area (Å²) in [7, 11) is 0. The number of nitrogens with zero attached hydrogens (tertiary/aromatic N) is 3. The number of carbonyl (C=O) groups excluding carboxylic acids is 2. The van der Waals surface area contributed by atoms with Gasteiger partial charge >= 0.3 is 0 Å². The number of aromatic nitrogens is 3. The number of nitrogen functional groups attached to an aromatic ring is 1. The van der Waals surface area contributed by atoms with Gasteiger partial charge in [-0.05, 0) is 32.1 Å². The lowest BCUT2D eigenvalue weighted by Crippen LogP contribution is -2.41. The van der Waals surface area contributed by atoms with Gasteiger partial charge in [-0.15, -0.1) is 0 Å². The van der Waals surface area contributed by atoms with Crippen molar-refractivity contribution < 1.29 is 14.1 Å². The van der Waals surface area contributed by atoms with Gasteiger partial charge in [0, 0.05) is 25.7 Å². The Balaban J connectivity index is 1.49. The molecule has 3 heterocycles. The first-order chi connectivity index (χ1) is 12.5. The number of H-pyrrole nitrogens is 1. The maximum atomic E-state index is 12.4. The SMILES string of the molecule is CCc1noc(C)c1C(=O)NCC1CCN(C(=O)c2cc(N)n[nH]2)CC1. The van der Waals surface area contributed by atoms with E-state index in [2.05, 4.69) is 20.7 Å². The molecule has 140 valence electrons. The second kappa shape index (κ2) is 7.59. The molecule has 9 nitrogen and oxygen atoms in total. The lowest BCUT2D eigenvalue weighted by atomic mass is 9.96. The molecular formula is C17H24N6O3. The number of likely N-dealkylation sites (tertiary alicyclic amines) is 1. The third kappa shape index (κ3) is 3.71. The lowest BCUT2D eigenvalue weighted by molar-refractivity contribution is 0.0678. The van der Waals surface area contributed by atoms with E-state index in [9.17, 15) is 9.59 Å². The Hall–Kier alpha value is -2.84. The van der Waals surface area contributed by atoms with E-state index in [4.69, 9.17) is 10.3 Å². The molecule has 0 bridgehead atoms. The summed E-state index contributed by atoms with van der Waals surface area (Å²) in [5.74, 6) is 0.941. The topological polar surface area (TPSA) is 130 Å². The van der Waals surface area contributed by atoms with Crippen molar-refractivity contribution in [2.24, 2.45) is 5.92 Å². The number of nitrogens with two attached hydrogens (primary N) is 1. The number of anilines is 1.